The van der Waals surface area contributed by atoms with E-state index in [1.54, 1.807) is 0 Å². The Morgan fingerprint density at radius 2 is 2.10 bits per heavy atom. The molecule has 0 aliphatic heterocycles. The van der Waals surface area contributed by atoms with Crippen molar-refractivity contribution in [2.75, 3.05) is 0 Å². The molecule has 0 saturated carbocycles. The highest BCUT2D eigenvalue weighted by Gasteiger charge is 1.94. The number of rotatable bonds is 1. The van der Waals surface area contributed by atoms with E-state index in [-0.39, 0.29) is 0 Å². The highest BCUT2D eigenvalue weighted by molar-refractivity contribution is 5.64. The van der Waals surface area contributed by atoms with Crippen molar-refractivity contribution >= 4 is 12.2 Å². The second-order valence-corrected chi connectivity index (χ2v) is 1.24. The molecule has 0 aliphatic carbocycles. The van der Waals surface area contributed by atoms with Gasteiger partial charge in [0.2, 0.25) is 6.08 Å². The zero-order valence-corrected chi connectivity index (χ0v) is 5.46. The number of hydrogen-bond acceptors (Lipinski definition) is 5. The third-order valence-electron chi connectivity index (χ3n) is 0.302. The molecular weight excluding hydrogens is 138 g/mol. The molecule has 0 spiro atoms. The van der Waals surface area contributed by atoms with Gasteiger partial charge in [0.15, 0.2) is 0 Å². The Morgan fingerprint density at radius 3 is 2.10 bits per heavy atom. The molecule has 1 unspecified atom stereocenters. The Hall–Kier alpha value is -1.39. The van der Waals surface area contributed by atoms with Crippen LogP contribution in [-0.2, 0) is 9.53 Å². The van der Waals surface area contributed by atoms with Gasteiger partial charge < -0.3 is 10.5 Å². The minimum absolute atomic E-state index is 0.600. The smallest absolute Gasteiger partial charge is 0.406 e. The molecule has 0 radical (unpaired) electrons. The molecule has 0 aromatic carbocycles. The maximum absolute atomic E-state index is 9.73. The van der Waals surface area contributed by atoms with E-state index in [0.717, 1.165) is 6.08 Å². The summed E-state index contributed by atoms with van der Waals surface area (Å²) in [6.07, 6.45) is -0.688. The van der Waals surface area contributed by atoms with Crippen molar-refractivity contribution in [1.82, 2.24) is 0 Å². The van der Waals surface area contributed by atoms with Crippen LogP contribution in [0, 0.1) is 5.41 Å². The maximum Gasteiger partial charge on any atom is 0.406 e. The Kier molecular flexibility index (Phi) is 8.68. The van der Waals surface area contributed by atoms with Crippen LogP contribution in [-0.4, -0.2) is 18.4 Å². The number of nitrogens with one attached hydrogen (secondary N) is 1. The second-order valence-electron chi connectivity index (χ2n) is 1.24. The van der Waals surface area contributed by atoms with Crippen molar-refractivity contribution in [3.8, 4) is 0 Å². The van der Waals surface area contributed by atoms with Crippen molar-refractivity contribution in [2.45, 2.75) is 13.2 Å². The normalized spacial score (nSPS) is 9.80. The van der Waals surface area contributed by atoms with E-state index in [2.05, 4.69) is 10.5 Å². The lowest BCUT2D eigenvalue weighted by molar-refractivity contribution is 0.119. The highest BCUT2D eigenvalue weighted by Crippen LogP contribution is 1.75. The standard InChI is InChI=1S/C3H8N2O2.CHNO/c1-2(4)7-3(5)6;2-1-3/h2H,4H2,1H3,(H2,5,6);2H. The summed E-state index contributed by atoms with van der Waals surface area (Å²) >= 11 is 0. The summed E-state index contributed by atoms with van der Waals surface area (Å²) in [6, 6.07) is 0. The average Bonchev–Trinajstić information content (AvgIpc) is 1.62. The summed E-state index contributed by atoms with van der Waals surface area (Å²) in [5, 5.41) is 5.40. The van der Waals surface area contributed by atoms with Gasteiger partial charge in [0, 0.05) is 0 Å². The molecule has 10 heavy (non-hydrogen) atoms. The largest absolute Gasteiger partial charge is 0.431 e. The number of primary amides is 1. The van der Waals surface area contributed by atoms with E-state index in [9.17, 15) is 4.79 Å². The van der Waals surface area contributed by atoms with E-state index in [1.165, 1.54) is 6.92 Å². The molecule has 1 atom stereocenters. The number of amides is 1. The molecule has 0 rings (SSSR count). The first-order chi connectivity index (χ1) is 4.54. The van der Waals surface area contributed by atoms with E-state index >= 15 is 0 Å². The van der Waals surface area contributed by atoms with Crippen molar-refractivity contribution < 1.29 is 14.3 Å². The summed E-state index contributed by atoms with van der Waals surface area (Å²) in [6.45, 7) is 1.52. The quantitative estimate of drug-likeness (QED) is 0.257. The lowest BCUT2D eigenvalue weighted by Gasteiger charge is -2.01. The predicted octanol–water partition coefficient (Wildman–Crippen LogP) is -0.713. The maximum atomic E-state index is 9.73. The zero-order chi connectivity index (χ0) is 8.57. The van der Waals surface area contributed by atoms with Crippen molar-refractivity contribution in [3.05, 3.63) is 0 Å². The van der Waals surface area contributed by atoms with Crippen LogP contribution in [0.25, 0.3) is 0 Å². The van der Waals surface area contributed by atoms with E-state index in [4.69, 9.17) is 15.9 Å². The third-order valence-corrected chi connectivity index (χ3v) is 0.302. The SMILES string of the molecule is CC(N)OC(N)=O.N=C=O. The fourth-order valence-corrected chi connectivity index (χ4v) is 0.183. The molecule has 0 fully saturated rings. The molecule has 6 heteroatoms. The summed E-state index contributed by atoms with van der Waals surface area (Å²) in [4.78, 5) is 18.1. The fraction of sp³-hybridized carbons (Fsp3) is 0.500. The van der Waals surface area contributed by atoms with Crippen LogP contribution >= 0.6 is 0 Å². The molecule has 0 saturated heterocycles. The van der Waals surface area contributed by atoms with Gasteiger partial charge in [-0.25, -0.2) is 15.0 Å². The topological polar surface area (TPSA) is 119 Å². The van der Waals surface area contributed by atoms with Crippen LogP contribution in [0.2, 0.25) is 0 Å². The van der Waals surface area contributed by atoms with Gasteiger partial charge in [-0.1, -0.05) is 0 Å². The summed E-state index contributed by atoms with van der Waals surface area (Å²) in [7, 11) is 0. The van der Waals surface area contributed by atoms with Crippen LogP contribution in [0.4, 0.5) is 4.79 Å². The first kappa shape index (κ1) is 11.4. The molecule has 58 valence electrons. The van der Waals surface area contributed by atoms with Gasteiger partial charge in [-0.15, -0.1) is 0 Å². The Labute approximate surface area is 57.6 Å². The van der Waals surface area contributed by atoms with E-state index in [1.807, 2.05) is 0 Å². The molecule has 6 nitrogen and oxygen atoms in total. The molecule has 0 aliphatic rings. The van der Waals surface area contributed by atoms with Crippen LogP contribution in [0.3, 0.4) is 0 Å². The van der Waals surface area contributed by atoms with Gasteiger partial charge in [-0.05, 0) is 6.92 Å². The molecular formula is C4H9N3O3. The Bertz CT molecular complexity index is 128. The third kappa shape index (κ3) is 30.5. The molecule has 0 aromatic heterocycles. The van der Waals surface area contributed by atoms with E-state index < -0.39 is 12.3 Å². The molecule has 0 aromatic rings. The molecule has 5 N–H and O–H groups in total. The lowest BCUT2D eigenvalue weighted by atomic mass is 10.7. The van der Waals surface area contributed by atoms with E-state index in [0.29, 0.717) is 0 Å². The summed E-state index contributed by atoms with van der Waals surface area (Å²) < 4.78 is 4.17. The van der Waals surface area contributed by atoms with Crippen molar-refractivity contribution in [2.24, 2.45) is 11.5 Å². The van der Waals surface area contributed by atoms with Gasteiger partial charge in [0.05, 0.1) is 0 Å². The van der Waals surface area contributed by atoms with Crippen molar-refractivity contribution in [1.29, 1.82) is 5.41 Å². The van der Waals surface area contributed by atoms with Gasteiger partial charge in [0.25, 0.3) is 0 Å². The first-order valence-electron chi connectivity index (χ1n) is 2.30. The number of isocyanates is 1. The minimum atomic E-state index is -0.838. The Morgan fingerprint density at radius 1 is 1.80 bits per heavy atom. The predicted molar refractivity (Wildman–Crippen MR) is 32.7 cm³/mol. The van der Waals surface area contributed by atoms with Crippen LogP contribution < -0.4 is 11.5 Å². The molecule has 1 amide bonds. The first-order valence-corrected chi connectivity index (χ1v) is 2.30. The van der Waals surface area contributed by atoms with Gasteiger partial charge in [-0.3, -0.25) is 5.73 Å². The number of nitrogens with two attached hydrogens (primary N) is 2. The minimum Gasteiger partial charge on any atom is -0.431 e. The number of hydrogen-bond donors (Lipinski definition) is 3. The monoisotopic (exact) mass is 147 g/mol. The molecule has 0 bridgehead atoms. The zero-order valence-electron chi connectivity index (χ0n) is 5.46. The van der Waals surface area contributed by atoms with Crippen LogP contribution in [0.15, 0.2) is 0 Å². The number of carbonyl (C=O) groups is 1. The van der Waals surface area contributed by atoms with Gasteiger partial charge >= 0.3 is 6.09 Å². The van der Waals surface area contributed by atoms with Crippen LogP contribution in [0.5, 0.6) is 0 Å². The van der Waals surface area contributed by atoms with Gasteiger partial charge in [-0.2, -0.15) is 0 Å². The molecule has 0 heterocycles. The fourth-order valence-electron chi connectivity index (χ4n) is 0.183. The summed E-state index contributed by atoms with van der Waals surface area (Å²) in [5.74, 6) is 0. The second kappa shape index (κ2) is 7.61. The number of carbonyl (C=O) groups excluding carboxylic acids is 2. The number of ether oxygens (including phenoxy) is 1. The average molecular weight is 147 g/mol. The van der Waals surface area contributed by atoms with Crippen LogP contribution in [0.1, 0.15) is 6.92 Å². The highest BCUT2D eigenvalue weighted by atomic mass is 16.6. The summed E-state index contributed by atoms with van der Waals surface area (Å²) in [5.41, 5.74) is 9.52. The Balaban J connectivity index is 0. The lowest BCUT2D eigenvalue weighted by Crippen LogP contribution is -2.26. The van der Waals surface area contributed by atoms with Gasteiger partial charge in [0.1, 0.15) is 6.23 Å². The van der Waals surface area contributed by atoms with Crippen molar-refractivity contribution in [3.63, 3.8) is 0 Å².